The third-order valence-corrected chi connectivity index (χ3v) is 5.14. The average Bonchev–Trinajstić information content (AvgIpc) is 2.75. The van der Waals surface area contributed by atoms with Gasteiger partial charge in [0.15, 0.2) is 5.69 Å². The lowest BCUT2D eigenvalue weighted by Gasteiger charge is -2.11. The molecule has 0 aliphatic carbocycles. The highest BCUT2D eigenvalue weighted by Crippen LogP contribution is 2.29. The van der Waals surface area contributed by atoms with E-state index >= 15 is 0 Å². The molecule has 0 aliphatic rings. The van der Waals surface area contributed by atoms with Gasteiger partial charge in [0.25, 0.3) is 0 Å². The van der Waals surface area contributed by atoms with Crippen LogP contribution < -0.4 is 19.8 Å². The van der Waals surface area contributed by atoms with Crippen LogP contribution in [0.25, 0.3) is 10.9 Å². The molecule has 5 heteroatoms. The van der Waals surface area contributed by atoms with Crippen molar-refractivity contribution in [2.45, 2.75) is 20.5 Å². The summed E-state index contributed by atoms with van der Waals surface area (Å²) in [5.74, 6) is 1.65. The third-order valence-electron chi connectivity index (χ3n) is 4.77. The van der Waals surface area contributed by atoms with Crippen molar-refractivity contribution in [3.8, 4) is 11.5 Å². The number of aromatic amines is 1. The van der Waals surface area contributed by atoms with Crippen LogP contribution in [0.2, 0.25) is 5.02 Å². The Hall–Kier alpha value is -3.24. The number of aromatic nitrogens is 1. The number of nitrogens with one attached hydrogen (secondary N) is 2. The summed E-state index contributed by atoms with van der Waals surface area (Å²) in [4.78, 5) is 3.40. The van der Waals surface area contributed by atoms with Gasteiger partial charge in [0.2, 0.25) is 5.52 Å². The Morgan fingerprint density at radius 2 is 1.67 bits per heavy atom. The molecule has 0 fully saturated rings. The zero-order chi connectivity index (χ0) is 20.9. The van der Waals surface area contributed by atoms with Gasteiger partial charge in [-0.25, -0.2) is 4.98 Å². The fraction of sp³-hybridized carbons (Fsp3) is 0.160. The van der Waals surface area contributed by atoms with Crippen LogP contribution in [0.4, 0.5) is 11.4 Å². The highest BCUT2D eigenvalue weighted by Gasteiger charge is 2.11. The SMILES string of the molecule is CCOc1ccc2[nH+]c(C)cc(Nc3ccc(OCc4ccccc4Cl)cc3)c2c1. The van der Waals surface area contributed by atoms with Crippen molar-refractivity contribution in [3.63, 3.8) is 0 Å². The van der Waals surface area contributed by atoms with Crippen LogP contribution in [0.3, 0.4) is 0 Å². The average molecular weight is 420 g/mol. The van der Waals surface area contributed by atoms with Crippen molar-refractivity contribution < 1.29 is 14.5 Å². The van der Waals surface area contributed by atoms with Crippen molar-refractivity contribution >= 4 is 33.9 Å². The van der Waals surface area contributed by atoms with E-state index in [9.17, 15) is 0 Å². The Bertz CT molecular complexity index is 1160. The highest BCUT2D eigenvalue weighted by atomic mass is 35.5. The molecule has 0 spiro atoms. The van der Waals surface area contributed by atoms with Crippen LogP contribution in [0.1, 0.15) is 18.2 Å². The van der Waals surface area contributed by atoms with Crippen LogP contribution in [-0.2, 0) is 6.61 Å². The van der Waals surface area contributed by atoms with Gasteiger partial charge in [-0.3, -0.25) is 0 Å². The van der Waals surface area contributed by atoms with E-state index in [-0.39, 0.29) is 0 Å². The standard InChI is InChI=1S/C25H23ClN2O2/c1-3-29-21-12-13-24-22(15-21)25(14-17(2)27-24)28-19-8-10-20(11-9-19)30-16-18-6-4-5-7-23(18)26/h4-15H,3,16H2,1-2H3,(H,27,28)/p+1. The first kappa shape index (κ1) is 20.0. The lowest BCUT2D eigenvalue weighted by atomic mass is 10.1. The van der Waals surface area contributed by atoms with Crippen molar-refractivity contribution in [3.05, 3.63) is 89.1 Å². The molecule has 0 amide bonds. The first-order chi connectivity index (χ1) is 14.6. The Balaban J connectivity index is 1.52. The molecule has 4 nitrogen and oxygen atoms in total. The molecular formula is C25H24ClN2O2+. The van der Waals surface area contributed by atoms with Crippen LogP contribution >= 0.6 is 11.6 Å². The molecule has 0 saturated heterocycles. The van der Waals surface area contributed by atoms with Crippen molar-refractivity contribution in [1.29, 1.82) is 0 Å². The summed E-state index contributed by atoms with van der Waals surface area (Å²) in [6, 6.07) is 23.8. The lowest BCUT2D eigenvalue weighted by Crippen LogP contribution is -2.10. The van der Waals surface area contributed by atoms with Gasteiger partial charge in [-0.15, -0.1) is 0 Å². The molecule has 0 radical (unpaired) electrons. The number of rotatable bonds is 7. The smallest absolute Gasteiger partial charge is 0.213 e. The molecular weight excluding hydrogens is 396 g/mol. The highest BCUT2D eigenvalue weighted by molar-refractivity contribution is 6.31. The second-order valence-corrected chi connectivity index (χ2v) is 7.44. The summed E-state index contributed by atoms with van der Waals surface area (Å²) in [7, 11) is 0. The summed E-state index contributed by atoms with van der Waals surface area (Å²) >= 11 is 6.20. The number of H-pyrrole nitrogens is 1. The largest absolute Gasteiger partial charge is 0.494 e. The summed E-state index contributed by atoms with van der Waals surface area (Å²) in [6.07, 6.45) is 0. The van der Waals surface area contributed by atoms with E-state index in [0.717, 1.165) is 45.0 Å². The molecule has 0 aliphatic heterocycles. The Labute approximate surface area is 181 Å². The normalized spacial score (nSPS) is 10.8. The third kappa shape index (κ3) is 4.66. The van der Waals surface area contributed by atoms with Crippen LogP contribution in [-0.4, -0.2) is 6.61 Å². The predicted molar refractivity (Wildman–Crippen MR) is 122 cm³/mol. The van der Waals surface area contributed by atoms with Gasteiger partial charge in [0.1, 0.15) is 18.1 Å². The second-order valence-electron chi connectivity index (χ2n) is 7.04. The van der Waals surface area contributed by atoms with Gasteiger partial charge in [0.05, 0.1) is 17.7 Å². The topological polar surface area (TPSA) is 44.6 Å². The van der Waals surface area contributed by atoms with Gasteiger partial charge in [-0.1, -0.05) is 29.8 Å². The summed E-state index contributed by atoms with van der Waals surface area (Å²) in [5, 5.41) is 5.30. The van der Waals surface area contributed by atoms with Crippen molar-refractivity contribution in [2.75, 3.05) is 11.9 Å². The number of ether oxygens (including phenoxy) is 2. The Morgan fingerprint density at radius 1 is 0.900 bits per heavy atom. The van der Waals surface area contributed by atoms with E-state index in [4.69, 9.17) is 21.1 Å². The van der Waals surface area contributed by atoms with E-state index < -0.39 is 0 Å². The van der Waals surface area contributed by atoms with E-state index in [1.165, 1.54) is 0 Å². The van der Waals surface area contributed by atoms with Gasteiger partial charge in [-0.05, 0) is 49.4 Å². The summed E-state index contributed by atoms with van der Waals surface area (Å²) in [6.45, 7) is 5.11. The van der Waals surface area contributed by atoms with Crippen LogP contribution in [0, 0.1) is 6.92 Å². The van der Waals surface area contributed by atoms with Crippen LogP contribution in [0.15, 0.2) is 72.8 Å². The van der Waals surface area contributed by atoms with Gasteiger partial charge in [0, 0.05) is 35.3 Å². The number of hydrogen-bond donors (Lipinski definition) is 1. The molecule has 30 heavy (non-hydrogen) atoms. The molecule has 1 heterocycles. The maximum atomic E-state index is 6.20. The van der Waals surface area contributed by atoms with E-state index in [2.05, 4.69) is 22.4 Å². The number of benzene rings is 3. The molecule has 0 bridgehead atoms. The van der Waals surface area contributed by atoms with Crippen molar-refractivity contribution in [2.24, 2.45) is 0 Å². The number of fused-ring (bicyclic) bond motifs is 1. The predicted octanol–water partition coefficient (Wildman–Crippen LogP) is 6.34. The van der Waals surface area contributed by atoms with E-state index in [1.807, 2.05) is 74.5 Å². The summed E-state index contributed by atoms with van der Waals surface area (Å²) < 4.78 is 11.5. The fourth-order valence-electron chi connectivity index (χ4n) is 3.32. The number of aryl methyl sites for hydroxylation is 1. The zero-order valence-electron chi connectivity index (χ0n) is 17.0. The monoisotopic (exact) mass is 419 g/mol. The number of halogens is 1. The Kier molecular flexibility index (Phi) is 6.05. The molecule has 0 atom stereocenters. The minimum Gasteiger partial charge on any atom is -0.494 e. The molecule has 4 aromatic rings. The van der Waals surface area contributed by atoms with Crippen molar-refractivity contribution in [1.82, 2.24) is 0 Å². The quantitative estimate of drug-likeness (QED) is 0.380. The molecule has 4 rings (SSSR count). The minimum atomic E-state index is 0.436. The fourth-order valence-corrected chi connectivity index (χ4v) is 3.51. The van der Waals surface area contributed by atoms with E-state index in [0.29, 0.717) is 18.2 Å². The van der Waals surface area contributed by atoms with Gasteiger partial charge in [-0.2, -0.15) is 0 Å². The molecule has 1 aromatic heterocycles. The number of hydrogen-bond acceptors (Lipinski definition) is 3. The molecule has 2 N–H and O–H groups in total. The minimum absolute atomic E-state index is 0.436. The first-order valence-corrected chi connectivity index (χ1v) is 10.3. The number of anilines is 2. The lowest BCUT2D eigenvalue weighted by molar-refractivity contribution is -0.354. The second kappa shape index (κ2) is 9.06. The molecule has 152 valence electrons. The van der Waals surface area contributed by atoms with Gasteiger partial charge >= 0.3 is 0 Å². The summed E-state index contributed by atoms with van der Waals surface area (Å²) in [5.41, 5.74) is 5.10. The zero-order valence-corrected chi connectivity index (χ0v) is 17.8. The maximum absolute atomic E-state index is 6.20. The Morgan fingerprint density at radius 3 is 2.43 bits per heavy atom. The van der Waals surface area contributed by atoms with Gasteiger partial charge < -0.3 is 14.8 Å². The first-order valence-electron chi connectivity index (χ1n) is 9.95. The van der Waals surface area contributed by atoms with E-state index in [1.54, 1.807) is 0 Å². The molecule has 0 saturated carbocycles. The number of pyridine rings is 1. The van der Waals surface area contributed by atoms with Crippen LogP contribution in [0.5, 0.6) is 11.5 Å². The molecule has 0 unspecified atom stereocenters. The maximum Gasteiger partial charge on any atom is 0.213 e. The molecule has 3 aromatic carbocycles.